The number of carbonyl (C=O) groups excluding carboxylic acids is 3. The Kier molecular flexibility index (Phi) is 4.23. The molecule has 0 saturated carbocycles. The van der Waals surface area contributed by atoms with Gasteiger partial charge in [0.15, 0.2) is 9.84 Å². The lowest BCUT2D eigenvalue weighted by Gasteiger charge is -2.14. The SMILES string of the molecule is O=C(CC1C=CS(=O)(=O)C1)OCCN1C(=O)c2ccccc2C1=O. The van der Waals surface area contributed by atoms with E-state index < -0.39 is 27.6 Å². The molecule has 0 N–H and O–H groups in total. The maximum Gasteiger partial charge on any atom is 0.306 e. The molecule has 2 heterocycles. The minimum absolute atomic E-state index is 0.0309. The fourth-order valence-corrected chi connectivity index (χ4v) is 4.13. The average molecular weight is 349 g/mol. The number of rotatable bonds is 5. The van der Waals surface area contributed by atoms with Gasteiger partial charge in [0.1, 0.15) is 6.61 Å². The summed E-state index contributed by atoms with van der Waals surface area (Å²) in [4.78, 5) is 37.0. The lowest BCUT2D eigenvalue weighted by atomic mass is 10.1. The summed E-state index contributed by atoms with van der Waals surface area (Å²) < 4.78 is 27.6. The van der Waals surface area contributed by atoms with Crippen molar-refractivity contribution >= 4 is 27.6 Å². The number of esters is 1. The summed E-state index contributed by atoms with van der Waals surface area (Å²) >= 11 is 0. The van der Waals surface area contributed by atoms with Crippen molar-refractivity contribution in [1.29, 1.82) is 0 Å². The summed E-state index contributed by atoms with van der Waals surface area (Å²) in [5, 5.41) is 1.10. The molecule has 2 aliphatic rings. The van der Waals surface area contributed by atoms with Gasteiger partial charge >= 0.3 is 5.97 Å². The molecule has 0 fully saturated rings. The highest BCUT2D eigenvalue weighted by atomic mass is 32.2. The predicted octanol–water partition coefficient (Wildman–Crippen LogP) is 0.774. The molecule has 2 aliphatic heterocycles. The van der Waals surface area contributed by atoms with Crippen LogP contribution >= 0.6 is 0 Å². The van der Waals surface area contributed by atoms with E-state index in [0.29, 0.717) is 11.1 Å². The van der Waals surface area contributed by atoms with E-state index in [4.69, 9.17) is 4.74 Å². The zero-order valence-corrected chi connectivity index (χ0v) is 13.5. The Hall–Kier alpha value is -2.48. The highest BCUT2D eigenvalue weighted by molar-refractivity contribution is 7.94. The largest absolute Gasteiger partial charge is 0.464 e. The summed E-state index contributed by atoms with van der Waals surface area (Å²) in [6.45, 7) is -0.148. The molecule has 0 radical (unpaired) electrons. The summed E-state index contributed by atoms with van der Waals surface area (Å²) in [6, 6.07) is 6.51. The summed E-state index contributed by atoms with van der Waals surface area (Å²) in [7, 11) is -3.21. The minimum atomic E-state index is -3.21. The number of allylic oxidation sites excluding steroid dienone is 1. The molecule has 1 unspecified atom stereocenters. The number of fused-ring (bicyclic) bond motifs is 1. The van der Waals surface area contributed by atoms with Crippen molar-refractivity contribution in [2.75, 3.05) is 18.9 Å². The minimum Gasteiger partial charge on any atom is -0.464 e. The second kappa shape index (κ2) is 6.20. The van der Waals surface area contributed by atoms with Gasteiger partial charge in [-0.3, -0.25) is 19.3 Å². The van der Waals surface area contributed by atoms with E-state index >= 15 is 0 Å². The van der Waals surface area contributed by atoms with Crippen LogP contribution in [0.15, 0.2) is 35.7 Å². The Balaban J connectivity index is 1.49. The van der Waals surface area contributed by atoms with E-state index in [1.807, 2.05) is 0 Å². The van der Waals surface area contributed by atoms with Crippen molar-refractivity contribution < 1.29 is 27.5 Å². The van der Waals surface area contributed by atoms with Gasteiger partial charge < -0.3 is 4.74 Å². The van der Waals surface area contributed by atoms with Crippen LogP contribution in [-0.2, 0) is 19.4 Å². The fourth-order valence-electron chi connectivity index (χ4n) is 2.73. The Bertz CT molecular complexity index is 807. The number of amides is 2. The van der Waals surface area contributed by atoms with Gasteiger partial charge in [-0.25, -0.2) is 8.42 Å². The molecular formula is C16H15NO6S. The molecular weight excluding hydrogens is 334 g/mol. The fraction of sp³-hybridized carbons (Fsp3) is 0.312. The second-order valence-electron chi connectivity index (χ2n) is 5.65. The molecule has 126 valence electrons. The second-order valence-corrected chi connectivity index (χ2v) is 7.58. The third-order valence-electron chi connectivity index (χ3n) is 3.89. The monoisotopic (exact) mass is 349 g/mol. The van der Waals surface area contributed by atoms with E-state index in [1.165, 1.54) is 6.08 Å². The molecule has 24 heavy (non-hydrogen) atoms. The first-order valence-electron chi connectivity index (χ1n) is 7.39. The maximum atomic E-state index is 12.1. The van der Waals surface area contributed by atoms with Gasteiger partial charge in [-0.15, -0.1) is 0 Å². The van der Waals surface area contributed by atoms with Crippen LogP contribution in [0.2, 0.25) is 0 Å². The highest BCUT2D eigenvalue weighted by Gasteiger charge is 2.35. The number of benzene rings is 1. The molecule has 1 aromatic carbocycles. The van der Waals surface area contributed by atoms with E-state index in [2.05, 4.69) is 0 Å². The van der Waals surface area contributed by atoms with Crippen molar-refractivity contribution in [3.05, 3.63) is 46.9 Å². The van der Waals surface area contributed by atoms with Crippen molar-refractivity contribution in [1.82, 2.24) is 4.90 Å². The van der Waals surface area contributed by atoms with Gasteiger partial charge in [0, 0.05) is 11.3 Å². The van der Waals surface area contributed by atoms with E-state index in [0.717, 1.165) is 10.3 Å². The number of hydrogen-bond donors (Lipinski definition) is 0. The van der Waals surface area contributed by atoms with Crippen molar-refractivity contribution in [3.8, 4) is 0 Å². The van der Waals surface area contributed by atoms with Gasteiger partial charge in [0.05, 0.1) is 29.8 Å². The topological polar surface area (TPSA) is 97.8 Å². The first-order valence-corrected chi connectivity index (χ1v) is 9.11. The van der Waals surface area contributed by atoms with Gasteiger partial charge in [-0.05, 0) is 12.1 Å². The third-order valence-corrected chi connectivity index (χ3v) is 5.35. The molecule has 0 spiro atoms. The quantitative estimate of drug-likeness (QED) is 0.575. The summed E-state index contributed by atoms with van der Waals surface area (Å²) in [5.41, 5.74) is 0.685. The molecule has 2 amide bonds. The molecule has 7 nitrogen and oxygen atoms in total. The normalized spacial score (nSPS) is 21.2. The maximum absolute atomic E-state index is 12.1. The van der Waals surface area contributed by atoms with Crippen molar-refractivity contribution in [2.45, 2.75) is 6.42 Å². The lowest BCUT2D eigenvalue weighted by molar-refractivity contribution is -0.144. The Morgan fingerprint density at radius 2 is 1.79 bits per heavy atom. The molecule has 0 saturated heterocycles. The van der Waals surface area contributed by atoms with E-state index in [-0.39, 0.29) is 31.2 Å². The number of carbonyl (C=O) groups is 3. The smallest absolute Gasteiger partial charge is 0.306 e. The number of ether oxygens (including phenoxy) is 1. The van der Waals surface area contributed by atoms with Crippen LogP contribution in [0.25, 0.3) is 0 Å². The van der Waals surface area contributed by atoms with Crippen molar-refractivity contribution in [2.24, 2.45) is 5.92 Å². The zero-order chi connectivity index (χ0) is 17.3. The predicted molar refractivity (Wildman–Crippen MR) is 83.8 cm³/mol. The van der Waals surface area contributed by atoms with Crippen LogP contribution in [0.4, 0.5) is 0 Å². The molecule has 8 heteroatoms. The summed E-state index contributed by atoms with van der Waals surface area (Å²) in [5.74, 6) is -1.85. The third kappa shape index (κ3) is 3.23. The first kappa shape index (κ1) is 16.4. The average Bonchev–Trinajstić information content (AvgIpc) is 2.99. The van der Waals surface area contributed by atoms with Crippen LogP contribution in [0.3, 0.4) is 0 Å². The van der Waals surface area contributed by atoms with Gasteiger partial charge in [0.2, 0.25) is 0 Å². The van der Waals surface area contributed by atoms with Crippen LogP contribution in [0.5, 0.6) is 0 Å². The van der Waals surface area contributed by atoms with Crippen LogP contribution in [0, 0.1) is 5.92 Å². The lowest BCUT2D eigenvalue weighted by Crippen LogP contribution is -2.33. The molecule has 3 rings (SSSR count). The number of sulfone groups is 1. The Morgan fingerprint density at radius 1 is 1.17 bits per heavy atom. The number of nitrogens with zero attached hydrogens (tertiary/aromatic N) is 1. The van der Waals surface area contributed by atoms with E-state index in [1.54, 1.807) is 24.3 Å². The Morgan fingerprint density at radius 3 is 2.33 bits per heavy atom. The first-order chi connectivity index (χ1) is 11.4. The van der Waals surface area contributed by atoms with E-state index in [9.17, 15) is 22.8 Å². The van der Waals surface area contributed by atoms with Crippen LogP contribution in [-0.4, -0.2) is 50.0 Å². The standard InChI is InChI=1S/C16H15NO6S/c18-14(9-11-5-8-24(21,22)10-11)23-7-6-17-15(19)12-3-1-2-4-13(12)16(17)20/h1-5,8,11H,6-7,9-10H2. The zero-order valence-electron chi connectivity index (χ0n) is 12.7. The summed E-state index contributed by atoms with van der Waals surface area (Å²) in [6.07, 6.45) is 1.43. The molecule has 0 bridgehead atoms. The van der Waals surface area contributed by atoms with Crippen LogP contribution in [0.1, 0.15) is 27.1 Å². The Labute approximate surface area is 138 Å². The van der Waals surface area contributed by atoms with Crippen LogP contribution < -0.4 is 0 Å². The molecule has 1 aromatic rings. The number of imide groups is 1. The molecule has 1 atom stereocenters. The van der Waals surface area contributed by atoms with Crippen molar-refractivity contribution in [3.63, 3.8) is 0 Å². The van der Waals surface area contributed by atoms with Gasteiger partial charge in [0.25, 0.3) is 11.8 Å². The van der Waals surface area contributed by atoms with Gasteiger partial charge in [-0.2, -0.15) is 0 Å². The number of hydrogen-bond acceptors (Lipinski definition) is 6. The molecule has 0 aliphatic carbocycles. The van der Waals surface area contributed by atoms with Gasteiger partial charge in [-0.1, -0.05) is 18.2 Å². The highest BCUT2D eigenvalue weighted by Crippen LogP contribution is 2.22. The molecule has 0 aromatic heterocycles.